The van der Waals surface area contributed by atoms with Gasteiger partial charge in [-0.05, 0) is 31.2 Å². The molecule has 0 radical (unpaired) electrons. The number of benzene rings is 2. The van der Waals surface area contributed by atoms with Crippen LogP contribution >= 0.6 is 15.9 Å². The van der Waals surface area contributed by atoms with Gasteiger partial charge < -0.3 is 9.72 Å². The number of aromatic nitrogens is 2. The third-order valence-corrected chi connectivity index (χ3v) is 4.32. The SMILES string of the molecule is CCOC(=O)c1[nH]c(-c2ccc(C(F)(F)F)cc2)nc1-c1ccc(Br)cc1. The molecule has 2 aromatic carbocycles. The van der Waals surface area contributed by atoms with Gasteiger partial charge in [0.05, 0.1) is 12.2 Å². The fraction of sp³-hybridized carbons (Fsp3) is 0.158. The van der Waals surface area contributed by atoms with Crippen molar-refractivity contribution in [1.82, 2.24) is 9.97 Å². The molecule has 0 bridgehead atoms. The van der Waals surface area contributed by atoms with E-state index in [4.69, 9.17) is 4.74 Å². The third kappa shape index (κ3) is 4.21. The average Bonchev–Trinajstić information content (AvgIpc) is 3.07. The topological polar surface area (TPSA) is 55.0 Å². The van der Waals surface area contributed by atoms with Crippen LogP contribution in [0.1, 0.15) is 23.0 Å². The molecule has 0 aliphatic carbocycles. The molecule has 140 valence electrons. The molecule has 3 aromatic rings. The fourth-order valence-corrected chi connectivity index (χ4v) is 2.76. The molecule has 8 heteroatoms. The van der Waals surface area contributed by atoms with Gasteiger partial charge in [0.25, 0.3) is 0 Å². The zero-order valence-electron chi connectivity index (χ0n) is 14.1. The monoisotopic (exact) mass is 438 g/mol. The summed E-state index contributed by atoms with van der Waals surface area (Å²) in [5.74, 6) is -0.300. The number of imidazole rings is 1. The lowest BCUT2D eigenvalue weighted by Gasteiger charge is -2.06. The van der Waals surface area contributed by atoms with Crippen LogP contribution in [0.3, 0.4) is 0 Å². The van der Waals surface area contributed by atoms with E-state index in [-0.39, 0.29) is 18.1 Å². The van der Waals surface area contributed by atoms with E-state index in [2.05, 4.69) is 25.9 Å². The Balaban J connectivity index is 2.05. The molecule has 0 saturated carbocycles. The van der Waals surface area contributed by atoms with Crippen molar-refractivity contribution in [3.8, 4) is 22.6 Å². The number of nitrogens with one attached hydrogen (secondary N) is 1. The highest BCUT2D eigenvalue weighted by Gasteiger charge is 2.30. The maximum Gasteiger partial charge on any atom is 0.416 e. The van der Waals surface area contributed by atoms with Crippen LogP contribution in [0.15, 0.2) is 53.0 Å². The first-order valence-electron chi connectivity index (χ1n) is 8.00. The first kappa shape index (κ1) is 19.2. The van der Waals surface area contributed by atoms with E-state index >= 15 is 0 Å². The van der Waals surface area contributed by atoms with Gasteiger partial charge in [0.15, 0.2) is 5.69 Å². The van der Waals surface area contributed by atoms with Crippen molar-refractivity contribution in [3.05, 3.63) is 64.3 Å². The normalized spacial score (nSPS) is 11.4. The Labute approximate surface area is 161 Å². The van der Waals surface area contributed by atoms with Crippen molar-refractivity contribution >= 4 is 21.9 Å². The molecule has 0 unspecified atom stereocenters. The van der Waals surface area contributed by atoms with Crippen molar-refractivity contribution in [2.45, 2.75) is 13.1 Å². The van der Waals surface area contributed by atoms with Crippen LogP contribution in [-0.4, -0.2) is 22.5 Å². The summed E-state index contributed by atoms with van der Waals surface area (Å²) in [6, 6.07) is 11.7. The summed E-state index contributed by atoms with van der Waals surface area (Å²) in [5, 5.41) is 0. The quantitative estimate of drug-likeness (QED) is 0.531. The first-order chi connectivity index (χ1) is 12.8. The number of H-pyrrole nitrogens is 1. The Morgan fingerprint density at radius 3 is 2.22 bits per heavy atom. The molecule has 4 nitrogen and oxygen atoms in total. The van der Waals surface area contributed by atoms with Crippen molar-refractivity contribution in [2.75, 3.05) is 6.61 Å². The van der Waals surface area contributed by atoms with Gasteiger partial charge in [-0.3, -0.25) is 0 Å². The van der Waals surface area contributed by atoms with Crippen LogP contribution in [-0.2, 0) is 10.9 Å². The number of hydrogen-bond acceptors (Lipinski definition) is 3. The van der Waals surface area contributed by atoms with Crippen LogP contribution in [0.4, 0.5) is 13.2 Å². The van der Waals surface area contributed by atoms with Crippen molar-refractivity contribution in [2.24, 2.45) is 0 Å². The number of ether oxygens (including phenoxy) is 1. The summed E-state index contributed by atoms with van der Waals surface area (Å²) < 4.78 is 44.2. The van der Waals surface area contributed by atoms with E-state index in [1.807, 2.05) is 0 Å². The molecule has 0 fully saturated rings. The van der Waals surface area contributed by atoms with Gasteiger partial charge in [-0.25, -0.2) is 9.78 Å². The smallest absolute Gasteiger partial charge is 0.416 e. The summed E-state index contributed by atoms with van der Waals surface area (Å²) in [6.45, 7) is 1.87. The predicted molar refractivity (Wildman–Crippen MR) is 98.1 cm³/mol. The summed E-state index contributed by atoms with van der Waals surface area (Å²) in [7, 11) is 0. The number of halogens is 4. The minimum atomic E-state index is -4.42. The molecule has 1 heterocycles. The van der Waals surface area contributed by atoms with Gasteiger partial charge >= 0.3 is 12.1 Å². The molecule has 1 N–H and O–H groups in total. The zero-order valence-corrected chi connectivity index (χ0v) is 15.7. The van der Waals surface area contributed by atoms with Crippen LogP contribution in [0.2, 0.25) is 0 Å². The number of carbonyl (C=O) groups excluding carboxylic acids is 1. The number of hydrogen-bond donors (Lipinski definition) is 1. The van der Waals surface area contributed by atoms with Gasteiger partial charge in [-0.1, -0.05) is 40.2 Å². The van der Waals surface area contributed by atoms with Crippen LogP contribution in [0.25, 0.3) is 22.6 Å². The second kappa shape index (κ2) is 7.56. The number of alkyl halides is 3. The maximum absolute atomic E-state index is 12.7. The Morgan fingerprint density at radius 2 is 1.67 bits per heavy atom. The lowest BCUT2D eigenvalue weighted by molar-refractivity contribution is -0.137. The van der Waals surface area contributed by atoms with E-state index in [0.29, 0.717) is 16.8 Å². The molecule has 0 saturated heterocycles. The second-order valence-corrected chi connectivity index (χ2v) is 6.53. The Hall–Kier alpha value is -2.61. The fourth-order valence-electron chi connectivity index (χ4n) is 2.49. The van der Waals surface area contributed by atoms with Gasteiger partial charge in [0, 0.05) is 15.6 Å². The highest BCUT2D eigenvalue weighted by atomic mass is 79.9. The van der Waals surface area contributed by atoms with Gasteiger partial charge in [0.1, 0.15) is 11.5 Å². The van der Waals surface area contributed by atoms with E-state index in [0.717, 1.165) is 16.6 Å². The Morgan fingerprint density at radius 1 is 1.07 bits per heavy atom. The molecule has 1 aromatic heterocycles. The summed E-state index contributed by atoms with van der Waals surface area (Å²) in [4.78, 5) is 19.6. The first-order valence-corrected chi connectivity index (χ1v) is 8.79. The van der Waals surface area contributed by atoms with Gasteiger partial charge in [0.2, 0.25) is 0 Å². The number of esters is 1. The zero-order chi connectivity index (χ0) is 19.6. The van der Waals surface area contributed by atoms with Crippen LogP contribution < -0.4 is 0 Å². The Bertz CT molecular complexity index is 949. The minimum absolute atomic E-state index is 0.147. The summed E-state index contributed by atoms with van der Waals surface area (Å²) in [6.07, 6.45) is -4.42. The third-order valence-electron chi connectivity index (χ3n) is 3.79. The predicted octanol–water partition coefficient (Wildman–Crippen LogP) is 5.70. The van der Waals surface area contributed by atoms with E-state index < -0.39 is 17.7 Å². The summed E-state index contributed by atoms with van der Waals surface area (Å²) >= 11 is 3.34. The van der Waals surface area contributed by atoms with Crippen LogP contribution in [0, 0.1) is 0 Å². The molecule has 0 aliphatic heterocycles. The highest BCUT2D eigenvalue weighted by Crippen LogP contribution is 2.32. The molecule has 0 aliphatic rings. The van der Waals surface area contributed by atoms with Crippen molar-refractivity contribution in [3.63, 3.8) is 0 Å². The standard InChI is InChI=1S/C19H14BrF3N2O2/c1-2-27-18(26)16-15(11-5-9-14(20)10-6-11)24-17(25-16)12-3-7-13(8-4-12)19(21,22)23/h3-10H,2H2,1H3,(H,24,25). The van der Waals surface area contributed by atoms with Gasteiger partial charge in [-0.15, -0.1) is 0 Å². The van der Waals surface area contributed by atoms with E-state index in [1.54, 1.807) is 31.2 Å². The van der Waals surface area contributed by atoms with Crippen LogP contribution in [0.5, 0.6) is 0 Å². The molecular formula is C19H14BrF3N2O2. The Kier molecular flexibility index (Phi) is 5.36. The highest BCUT2D eigenvalue weighted by molar-refractivity contribution is 9.10. The molecule has 27 heavy (non-hydrogen) atoms. The minimum Gasteiger partial charge on any atom is -0.461 e. The molecule has 3 rings (SSSR count). The molecular weight excluding hydrogens is 425 g/mol. The number of carbonyl (C=O) groups is 1. The van der Waals surface area contributed by atoms with Crippen molar-refractivity contribution < 1.29 is 22.7 Å². The number of rotatable bonds is 4. The van der Waals surface area contributed by atoms with Gasteiger partial charge in [-0.2, -0.15) is 13.2 Å². The largest absolute Gasteiger partial charge is 0.461 e. The maximum atomic E-state index is 12.7. The molecule has 0 amide bonds. The second-order valence-electron chi connectivity index (χ2n) is 5.61. The van der Waals surface area contributed by atoms with E-state index in [1.165, 1.54) is 12.1 Å². The lowest BCUT2D eigenvalue weighted by atomic mass is 10.1. The average molecular weight is 439 g/mol. The van der Waals surface area contributed by atoms with E-state index in [9.17, 15) is 18.0 Å². The van der Waals surface area contributed by atoms with Crippen molar-refractivity contribution in [1.29, 1.82) is 0 Å². The molecule has 0 atom stereocenters. The lowest BCUT2D eigenvalue weighted by Crippen LogP contribution is -2.06. The molecule has 0 spiro atoms. The number of nitrogens with zero attached hydrogens (tertiary/aromatic N) is 1. The summed E-state index contributed by atoms with van der Waals surface area (Å²) in [5.41, 5.74) is 0.869. The number of aromatic amines is 1.